The maximum Gasteiger partial charge on any atom is 0.310 e. The molecule has 1 aromatic rings. The van der Waals surface area contributed by atoms with Crippen LogP contribution in [0.1, 0.15) is 35.7 Å². The van der Waals surface area contributed by atoms with Gasteiger partial charge in [0.2, 0.25) is 0 Å². The van der Waals surface area contributed by atoms with Crippen LogP contribution in [0.2, 0.25) is 0 Å². The predicted octanol–water partition coefficient (Wildman–Crippen LogP) is 1.97. The van der Waals surface area contributed by atoms with Crippen LogP contribution in [0, 0.1) is 5.92 Å². The Morgan fingerprint density at radius 1 is 1.22 bits per heavy atom. The summed E-state index contributed by atoms with van der Waals surface area (Å²) < 4.78 is 0. The number of benzene rings is 1. The molecule has 0 aliphatic carbocycles. The number of likely N-dealkylation sites (tertiary alicyclic amines) is 1. The molecule has 18 heavy (non-hydrogen) atoms. The van der Waals surface area contributed by atoms with E-state index in [1.165, 1.54) is 5.56 Å². The Hall–Kier alpha value is -1.84. The lowest BCUT2D eigenvalue weighted by Gasteiger charge is -2.36. The molecule has 0 spiro atoms. The van der Waals surface area contributed by atoms with Crippen molar-refractivity contribution in [2.75, 3.05) is 13.1 Å². The fraction of sp³-hybridized carbons (Fsp3) is 0.429. The Bertz CT molecular complexity index is 458. The molecular formula is C14H17NO3. The van der Waals surface area contributed by atoms with Gasteiger partial charge in [-0.25, -0.2) is 0 Å². The van der Waals surface area contributed by atoms with Gasteiger partial charge < -0.3 is 10.0 Å². The molecule has 0 aromatic heterocycles. The van der Waals surface area contributed by atoms with E-state index in [0.29, 0.717) is 24.6 Å². The van der Waals surface area contributed by atoms with Gasteiger partial charge in [0.15, 0.2) is 0 Å². The van der Waals surface area contributed by atoms with Crippen LogP contribution in [0.3, 0.4) is 0 Å². The Morgan fingerprint density at radius 3 is 2.22 bits per heavy atom. The Morgan fingerprint density at radius 2 is 1.78 bits per heavy atom. The Kier molecular flexibility index (Phi) is 3.36. The average molecular weight is 247 g/mol. The van der Waals surface area contributed by atoms with Gasteiger partial charge >= 0.3 is 5.97 Å². The number of rotatable bonds is 3. The average Bonchev–Trinajstić information content (AvgIpc) is 2.26. The molecule has 2 rings (SSSR count). The summed E-state index contributed by atoms with van der Waals surface area (Å²) in [4.78, 5) is 24.2. The monoisotopic (exact) mass is 247 g/mol. The smallest absolute Gasteiger partial charge is 0.310 e. The summed E-state index contributed by atoms with van der Waals surface area (Å²) in [6.45, 7) is 4.84. The highest BCUT2D eigenvalue weighted by Gasteiger charge is 2.35. The van der Waals surface area contributed by atoms with Crippen molar-refractivity contribution in [1.29, 1.82) is 0 Å². The lowest BCUT2D eigenvalue weighted by molar-refractivity contribution is -0.146. The summed E-state index contributed by atoms with van der Waals surface area (Å²) in [5.41, 5.74) is 1.82. The van der Waals surface area contributed by atoms with Crippen LogP contribution in [0.15, 0.2) is 24.3 Å². The first kappa shape index (κ1) is 12.6. The minimum absolute atomic E-state index is 0.0807. The summed E-state index contributed by atoms with van der Waals surface area (Å²) in [7, 11) is 0. The number of carboxylic acids is 1. The zero-order chi connectivity index (χ0) is 13.3. The molecule has 1 aromatic carbocycles. The molecule has 0 unspecified atom stereocenters. The Balaban J connectivity index is 2.00. The van der Waals surface area contributed by atoms with Crippen LogP contribution in [0.5, 0.6) is 0 Å². The molecule has 0 atom stereocenters. The van der Waals surface area contributed by atoms with Gasteiger partial charge in [-0.3, -0.25) is 9.59 Å². The van der Waals surface area contributed by atoms with Crippen molar-refractivity contribution in [1.82, 2.24) is 4.90 Å². The van der Waals surface area contributed by atoms with Gasteiger partial charge in [-0.1, -0.05) is 26.0 Å². The second kappa shape index (κ2) is 4.80. The van der Waals surface area contributed by atoms with Crippen molar-refractivity contribution in [2.24, 2.45) is 5.92 Å². The van der Waals surface area contributed by atoms with Gasteiger partial charge in [-0.05, 0) is 23.6 Å². The lowest BCUT2D eigenvalue weighted by atomic mass is 9.97. The standard InChI is InChI=1S/C14H17NO3/c1-9(2)10-3-5-11(6-4-10)13(16)15-7-12(8-15)14(17)18/h3-6,9,12H,7-8H2,1-2H3,(H,17,18). The van der Waals surface area contributed by atoms with E-state index in [0.717, 1.165) is 0 Å². The van der Waals surface area contributed by atoms with Crippen LogP contribution in [-0.4, -0.2) is 35.0 Å². The summed E-state index contributed by atoms with van der Waals surface area (Å²) in [6, 6.07) is 7.52. The highest BCUT2D eigenvalue weighted by Crippen LogP contribution is 2.20. The minimum atomic E-state index is -0.825. The van der Waals surface area contributed by atoms with Gasteiger partial charge in [-0.15, -0.1) is 0 Å². The summed E-state index contributed by atoms with van der Waals surface area (Å²) >= 11 is 0. The predicted molar refractivity (Wildman–Crippen MR) is 67.6 cm³/mol. The number of amides is 1. The van der Waals surface area contributed by atoms with Crippen LogP contribution in [-0.2, 0) is 4.79 Å². The Labute approximate surface area is 106 Å². The number of hydrogen-bond acceptors (Lipinski definition) is 2. The number of carbonyl (C=O) groups is 2. The van der Waals surface area contributed by atoms with Gasteiger partial charge in [0.25, 0.3) is 5.91 Å². The molecule has 96 valence electrons. The van der Waals surface area contributed by atoms with Crippen molar-refractivity contribution in [3.63, 3.8) is 0 Å². The van der Waals surface area contributed by atoms with Crippen molar-refractivity contribution < 1.29 is 14.7 Å². The molecule has 1 aliphatic rings. The zero-order valence-electron chi connectivity index (χ0n) is 10.6. The maximum atomic E-state index is 12.0. The molecule has 0 radical (unpaired) electrons. The first-order valence-corrected chi connectivity index (χ1v) is 6.11. The van der Waals surface area contributed by atoms with E-state index in [9.17, 15) is 9.59 Å². The van der Waals surface area contributed by atoms with Crippen LogP contribution in [0.4, 0.5) is 0 Å². The number of aliphatic carboxylic acids is 1. The quantitative estimate of drug-likeness (QED) is 0.888. The molecule has 4 heteroatoms. The molecule has 1 N–H and O–H groups in total. The van der Waals surface area contributed by atoms with Crippen molar-refractivity contribution in [3.8, 4) is 0 Å². The van der Waals surface area contributed by atoms with E-state index in [1.54, 1.807) is 4.90 Å². The number of hydrogen-bond donors (Lipinski definition) is 1. The van der Waals surface area contributed by atoms with Crippen LogP contribution < -0.4 is 0 Å². The normalized spacial score (nSPS) is 15.6. The van der Waals surface area contributed by atoms with E-state index >= 15 is 0 Å². The molecule has 1 aliphatic heterocycles. The maximum absolute atomic E-state index is 12.0. The summed E-state index contributed by atoms with van der Waals surface area (Å²) in [5.74, 6) is -0.865. The van der Waals surface area contributed by atoms with Crippen LogP contribution >= 0.6 is 0 Å². The number of carboxylic acid groups (broad SMARTS) is 1. The van der Waals surface area contributed by atoms with Crippen LogP contribution in [0.25, 0.3) is 0 Å². The largest absolute Gasteiger partial charge is 0.481 e. The molecule has 1 saturated heterocycles. The molecule has 0 saturated carbocycles. The van der Waals surface area contributed by atoms with Gasteiger partial charge in [0.1, 0.15) is 0 Å². The lowest BCUT2D eigenvalue weighted by Crippen LogP contribution is -2.53. The third-order valence-corrected chi connectivity index (χ3v) is 3.34. The molecule has 0 bridgehead atoms. The van der Waals surface area contributed by atoms with Gasteiger partial charge in [-0.2, -0.15) is 0 Å². The second-order valence-electron chi connectivity index (χ2n) is 5.02. The number of nitrogens with zero attached hydrogens (tertiary/aromatic N) is 1. The van der Waals surface area contributed by atoms with E-state index in [2.05, 4.69) is 13.8 Å². The summed E-state index contributed by atoms with van der Waals surface area (Å²) in [5, 5.41) is 8.76. The second-order valence-corrected chi connectivity index (χ2v) is 5.02. The van der Waals surface area contributed by atoms with Crippen molar-refractivity contribution in [3.05, 3.63) is 35.4 Å². The van der Waals surface area contributed by atoms with Gasteiger partial charge in [0, 0.05) is 18.7 Å². The number of carbonyl (C=O) groups excluding carboxylic acids is 1. The van der Waals surface area contributed by atoms with E-state index in [1.807, 2.05) is 24.3 Å². The van der Waals surface area contributed by atoms with Crippen molar-refractivity contribution in [2.45, 2.75) is 19.8 Å². The molecule has 1 amide bonds. The van der Waals surface area contributed by atoms with E-state index in [4.69, 9.17) is 5.11 Å². The molecule has 4 nitrogen and oxygen atoms in total. The van der Waals surface area contributed by atoms with E-state index in [-0.39, 0.29) is 5.91 Å². The first-order valence-electron chi connectivity index (χ1n) is 6.11. The summed E-state index contributed by atoms with van der Waals surface area (Å²) in [6.07, 6.45) is 0. The zero-order valence-corrected chi connectivity index (χ0v) is 10.6. The highest BCUT2D eigenvalue weighted by molar-refractivity contribution is 5.95. The SMILES string of the molecule is CC(C)c1ccc(C(=O)N2CC(C(=O)O)C2)cc1. The fourth-order valence-corrected chi connectivity index (χ4v) is 1.99. The third kappa shape index (κ3) is 2.37. The minimum Gasteiger partial charge on any atom is -0.481 e. The highest BCUT2D eigenvalue weighted by atomic mass is 16.4. The third-order valence-electron chi connectivity index (χ3n) is 3.34. The topological polar surface area (TPSA) is 57.6 Å². The molecule has 1 fully saturated rings. The molecule has 1 heterocycles. The van der Waals surface area contributed by atoms with Crippen molar-refractivity contribution >= 4 is 11.9 Å². The first-order chi connectivity index (χ1) is 8.49. The van der Waals surface area contributed by atoms with E-state index < -0.39 is 11.9 Å². The fourth-order valence-electron chi connectivity index (χ4n) is 1.99. The van der Waals surface area contributed by atoms with Gasteiger partial charge in [0.05, 0.1) is 5.92 Å². The molecular weight excluding hydrogens is 230 g/mol.